The molecule has 0 aromatic heterocycles. The maximum absolute atomic E-state index is 11.8. The van der Waals surface area contributed by atoms with Gasteiger partial charge in [0.15, 0.2) is 0 Å². The van der Waals surface area contributed by atoms with Crippen LogP contribution >= 0.6 is 0 Å². The zero-order valence-corrected chi connectivity index (χ0v) is 9.89. The number of amides is 1. The molecule has 0 bridgehead atoms. The van der Waals surface area contributed by atoms with Crippen LogP contribution in [0.2, 0.25) is 0 Å². The Bertz CT molecular complexity index is 442. The van der Waals surface area contributed by atoms with Crippen molar-refractivity contribution < 1.29 is 19.4 Å². The monoisotopic (exact) mass is 249 g/mol. The number of hydrogen-bond acceptors (Lipinski definition) is 3. The first-order chi connectivity index (χ1) is 8.66. The van der Waals surface area contributed by atoms with E-state index in [1.807, 2.05) is 0 Å². The van der Waals surface area contributed by atoms with Crippen molar-refractivity contribution in [3.63, 3.8) is 0 Å². The standard InChI is InChI=1S/C13H15NO4/c1-2-18-9-5-8-14-12(15)10-6-3-4-7-11(10)13(16)17/h2-4,6-7H,1,5,8-9H2,(H,14,15)(H,16,17). The zero-order chi connectivity index (χ0) is 13.4. The van der Waals surface area contributed by atoms with Crippen molar-refractivity contribution in [2.75, 3.05) is 13.2 Å². The van der Waals surface area contributed by atoms with Gasteiger partial charge in [0, 0.05) is 6.54 Å². The zero-order valence-electron chi connectivity index (χ0n) is 9.89. The largest absolute Gasteiger partial charge is 0.502 e. The van der Waals surface area contributed by atoms with Crippen LogP contribution in [0.4, 0.5) is 0 Å². The van der Waals surface area contributed by atoms with Crippen LogP contribution in [0, 0.1) is 0 Å². The van der Waals surface area contributed by atoms with Crippen LogP contribution in [0.1, 0.15) is 27.1 Å². The van der Waals surface area contributed by atoms with Gasteiger partial charge in [-0.2, -0.15) is 0 Å². The molecule has 1 aromatic carbocycles. The van der Waals surface area contributed by atoms with Gasteiger partial charge in [-0.25, -0.2) is 4.79 Å². The van der Waals surface area contributed by atoms with E-state index in [4.69, 9.17) is 9.84 Å². The van der Waals surface area contributed by atoms with E-state index in [1.54, 1.807) is 12.1 Å². The Balaban J connectivity index is 2.56. The maximum atomic E-state index is 11.8. The first-order valence-electron chi connectivity index (χ1n) is 5.50. The van der Waals surface area contributed by atoms with Gasteiger partial charge >= 0.3 is 5.97 Å². The molecule has 0 fully saturated rings. The third-order valence-electron chi connectivity index (χ3n) is 2.24. The molecule has 0 aliphatic rings. The van der Waals surface area contributed by atoms with E-state index in [9.17, 15) is 9.59 Å². The van der Waals surface area contributed by atoms with Crippen LogP contribution in [0.25, 0.3) is 0 Å². The van der Waals surface area contributed by atoms with Gasteiger partial charge in [-0.3, -0.25) is 4.79 Å². The van der Waals surface area contributed by atoms with Gasteiger partial charge in [-0.1, -0.05) is 18.7 Å². The first-order valence-corrected chi connectivity index (χ1v) is 5.50. The van der Waals surface area contributed by atoms with Gasteiger partial charge in [0.25, 0.3) is 5.91 Å². The summed E-state index contributed by atoms with van der Waals surface area (Å²) < 4.78 is 4.90. The van der Waals surface area contributed by atoms with Gasteiger partial charge < -0.3 is 15.2 Å². The summed E-state index contributed by atoms with van der Waals surface area (Å²) in [6.45, 7) is 4.28. The highest BCUT2D eigenvalue weighted by molar-refractivity contribution is 6.04. The molecule has 1 rings (SSSR count). The number of ether oxygens (including phenoxy) is 1. The van der Waals surface area contributed by atoms with Crippen molar-refractivity contribution in [2.24, 2.45) is 0 Å². The fraction of sp³-hybridized carbons (Fsp3) is 0.231. The molecular formula is C13H15NO4. The molecule has 0 atom stereocenters. The minimum absolute atomic E-state index is 0.00246. The molecule has 0 aliphatic heterocycles. The molecule has 96 valence electrons. The molecule has 2 N–H and O–H groups in total. The van der Waals surface area contributed by atoms with Gasteiger partial charge in [0.1, 0.15) is 0 Å². The highest BCUT2D eigenvalue weighted by Crippen LogP contribution is 2.08. The molecule has 1 amide bonds. The van der Waals surface area contributed by atoms with Crippen LogP contribution in [-0.2, 0) is 4.74 Å². The highest BCUT2D eigenvalue weighted by Gasteiger charge is 2.14. The number of aromatic carboxylic acids is 1. The van der Waals surface area contributed by atoms with E-state index in [1.165, 1.54) is 18.4 Å². The van der Waals surface area contributed by atoms with E-state index >= 15 is 0 Å². The molecule has 1 aromatic rings. The third kappa shape index (κ3) is 3.93. The van der Waals surface area contributed by atoms with Crippen molar-refractivity contribution in [2.45, 2.75) is 6.42 Å². The maximum Gasteiger partial charge on any atom is 0.336 e. The molecule has 5 heteroatoms. The summed E-state index contributed by atoms with van der Waals surface area (Å²) in [6, 6.07) is 6.09. The smallest absolute Gasteiger partial charge is 0.336 e. The lowest BCUT2D eigenvalue weighted by Gasteiger charge is -2.07. The molecular weight excluding hydrogens is 234 g/mol. The molecule has 5 nitrogen and oxygen atoms in total. The fourth-order valence-corrected chi connectivity index (χ4v) is 1.40. The molecule has 0 spiro atoms. The molecule has 0 saturated carbocycles. The number of carboxylic acids is 1. The summed E-state index contributed by atoms with van der Waals surface area (Å²) in [7, 11) is 0. The lowest BCUT2D eigenvalue weighted by atomic mass is 10.1. The van der Waals surface area contributed by atoms with Crippen LogP contribution < -0.4 is 5.32 Å². The second-order valence-corrected chi connectivity index (χ2v) is 3.50. The average molecular weight is 249 g/mol. The van der Waals surface area contributed by atoms with E-state index in [-0.39, 0.29) is 11.1 Å². The van der Waals surface area contributed by atoms with E-state index in [0.29, 0.717) is 19.6 Å². The van der Waals surface area contributed by atoms with Crippen molar-refractivity contribution in [3.05, 3.63) is 48.2 Å². The lowest BCUT2D eigenvalue weighted by molar-refractivity contribution is 0.0691. The molecule has 0 unspecified atom stereocenters. The topological polar surface area (TPSA) is 75.6 Å². The van der Waals surface area contributed by atoms with Gasteiger partial charge in [-0.05, 0) is 18.6 Å². The van der Waals surface area contributed by atoms with E-state index < -0.39 is 11.9 Å². The van der Waals surface area contributed by atoms with Crippen molar-refractivity contribution >= 4 is 11.9 Å². The van der Waals surface area contributed by atoms with E-state index in [0.717, 1.165) is 0 Å². The SMILES string of the molecule is C=COCCCNC(=O)c1ccccc1C(=O)O. The Labute approximate surface area is 105 Å². The summed E-state index contributed by atoms with van der Waals surface area (Å²) in [5.74, 6) is -1.51. The summed E-state index contributed by atoms with van der Waals surface area (Å²) >= 11 is 0. The lowest BCUT2D eigenvalue weighted by Crippen LogP contribution is -2.26. The van der Waals surface area contributed by atoms with Crippen molar-refractivity contribution in [1.82, 2.24) is 5.32 Å². The quantitative estimate of drug-likeness (QED) is 0.569. The van der Waals surface area contributed by atoms with Crippen LogP contribution in [0.15, 0.2) is 37.1 Å². The molecule has 0 saturated heterocycles. The van der Waals surface area contributed by atoms with Crippen LogP contribution in [-0.4, -0.2) is 30.1 Å². The second kappa shape index (κ2) is 7.11. The number of rotatable bonds is 7. The predicted molar refractivity (Wildman–Crippen MR) is 66.5 cm³/mol. The molecule has 0 aliphatic carbocycles. The summed E-state index contributed by atoms with van der Waals surface area (Å²) in [5, 5.41) is 11.6. The van der Waals surface area contributed by atoms with Crippen molar-refractivity contribution in [1.29, 1.82) is 0 Å². The minimum Gasteiger partial charge on any atom is -0.502 e. The Morgan fingerprint density at radius 3 is 2.61 bits per heavy atom. The molecule has 0 heterocycles. The summed E-state index contributed by atoms with van der Waals surface area (Å²) in [6.07, 6.45) is 1.97. The predicted octanol–water partition coefficient (Wildman–Crippen LogP) is 1.66. The van der Waals surface area contributed by atoms with Crippen molar-refractivity contribution in [3.8, 4) is 0 Å². The minimum atomic E-state index is -1.12. The van der Waals surface area contributed by atoms with Gasteiger partial charge in [0.05, 0.1) is 24.0 Å². The number of carboxylic acid groups (broad SMARTS) is 1. The van der Waals surface area contributed by atoms with Gasteiger partial charge in [0.2, 0.25) is 0 Å². The number of carbonyl (C=O) groups is 2. The molecule has 0 radical (unpaired) electrons. The second-order valence-electron chi connectivity index (χ2n) is 3.50. The Morgan fingerprint density at radius 2 is 2.00 bits per heavy atom. The Morgan fingerprint density at radius 1 is 1.33 bits per heavy atom. The normalized spacial score (nSPS) is 9.56. The number of carbonyl (C=O) groups excluding carboxylic acids is 1. The number of benzene rings is 1. The molecule has 18 heavy (non-hydrogen) atoms. The third-order valence-corrected chi connectivity index (χ3v) is 2.24. The summed E-state index contributed by atoms with van der Waals surface area (Å²) in [4.78, 5) is 22.7. The van der Waals surface area contributed by atoms with Crippen LogP contribution in [0.3, 0.4) is 0 Å². The Hall–Kier alpha value is -2.30. The average Bonchev–Trinajstić information content (AvgIpc) is 2.38. The Kier molecular flexibility index (Phi) is 5.44. The highest BCUT2D eigenvalue weighted by atomic mass is 16.5. The van der Waals surface area contributed by atoms with E-state index in [2.05, 4.69) is 11.9 Å². The summed E-state index contributed by atoms with van der Waals surface area (Å²) in [5.41, 5.74) is 0.159. The first kappa shape index (κ1) is 13.8. The van der Waals surface area contributed by atoms with Crippen LogP contribution in [0.5, 0.6) is 0 Å². The number of nitrogens with one attached hydrogen (secondary N) is 1. The number of hydrogen-bond donors (Lipinski definition) is 2. The van der Waals surface area contributed by atoms with Gasteiger partial charge in [-0.15, -0.1) is 0 Å². The fourth-order valence-electron chi connectivity index (χ4n) is 1.40.